The Hall–Kier alpha value is -0.570. The Kier molecular flexibility index (Phi) is 2.77. The summed E-state index contributed by atoms with van der Waals surface area (Å²) in [6, 6.07) is 1.12. The van der Waals surface area contributed by atoms with Gasteiger partial charge in [-0.05, 0) is 31.7 Å². The van der Waals surface area contributed by atoms with Crippen molar-refractivity contribution in [2.75, 3.05) is 6.54 Å². The van der Waals surface area contributed by atoms with Crippen LogP contribution in [0.5, 0.6) is 0 Å². The zero-order valence-electron chi connectivity index (χ0n) is 9.16. The molecule has 0 aromatic rings. The number of aliphatic imine (C=N–C) groups is 1. The number of nitrogens with two attached hydrogens (primary N) is 1. The predicted molar refractivity (Wildman–Crippen MR) is 59.4 cm³/mol. The van der Waals surface area contributed by atoms with E-state index in [2.05, 4.69) is 19.2 Å². The fourth-order valence-corrected chi connectivity index (χ4v) is 2.49. The first-order chi connectivity index (χ1) is 6.70. The zero-order valence-corrected chi connectivity index (χ0v) is 9.16. The molecule has 3 N–H and O–H groups in total. The van der Waals surface area contributed by atoms with Gasteiger partial charge in [-0.1, -0.05) is 13.8 Å². The van der Waals surface area contributed by atoms with Gasteiger partial charge in [-0.3, -0.25) is 4.99 Å². The van der Waals surface area contributed by atoms with Gasteiger partial charge in [0.1, 0.15) is 0 Å². The SMILES string of the molecule is CC(C)C1=NC2CCC(CN)CC2N1. The lowest BCUT2D eigenvalue weighted by molar-refractivity contribution is 0.294. The maximum Gasteiger partial charge on any atom is 0.0996 e. The van der Waals surface area contributed by atoms with Crippen LogP contribution in [0.25, 0.3) is 0 Å². The van der Waals surface area contributed by atoms with Crippen molar-refractivity contribution in [3.8, 4) is 0 Å². The third-order valence-corrected chi connectivity index (χ3v) is 3.44. The summed E-state index contributed by atoms with van der Waals surface area (Å²) in [7, 11) is 0. The van der Waals surface area contributed by atoms with Crippen LogP contribution in [0.2, 0.25) is 0 Å². The van der Waals surface area contributed by atoms with E-state index >= 15 is 0 Å². The Morgan fingerprint density at radius 3 is 2.93 bits per heavy atom. The molecule has 0 amide bonds. The summed E-state index contributed by atoms with van der Waals surface area (Å²) in [6.45, 7) is 5.23. The molecule has 1 saturated carbocycles. The lowest BCUT2D eigenvalue weighted by Gasteiger charge is -2.29. The van der Waals surface area contributed by atoms with E-state index in [1.165, 1.54) is 25.1 Å². The molecule has 2 rings (SSSR count). The Bertz CT molecular complexity index is 235. The number of rotatable bonds is 2. The summed E-state index contributed by atoms with van der Waals surface area (Å²) in [4.78, 5) is 4.74. The normalized spacial score (nSPS) is 36.6. The molecule has 0 aromatic heterocycles. The fourth-order valence-electron chi connectivity index (χ4n) is 2.49. The monoisotopic (exact) mass is 195 g/mol. The highest BCUT2D eigenvalue weighted by Gasteiger charge is 2.34. The van der Waals surface area contributed by atoms with Crippen molar-refractivity contribution < 1.29 is 0 Å². The summed E-state index contributed by atoms with van der Waals surface area (Å²) >= 11 is 0. The molecule has 2 aliphatic rings. The van der Waals surface area contributed by atoms with Crippen molar-refractivity contribution in [1.29, 1.82) is 0 Å². The first-order valence-corrected chi connectivity index (χ1v) is 5.75. The Morgan fingerprint density at radius 1 is 1.50 bits per heavy atom. The number of hydrogen-bond acceptors (Lipinski definition) is 3. The van der Waals surface area contributed by atoms with Gasteiger partial charge < -0.3 is 11.1 Å². The molecule has 0 aromatic carbocycles. The van der Waals surface area contributed by atoms with Gasteiger partial charge in [-0.15, -0.1) is 0 Å². The van der Waals surface area contributed by atoms with Crippen molar-refractivity contribution in [3.63, 3.8) is 0 Å². The summed E-state index contributed by atoms with van der Waals surface area (Å²) < 4.78 is 0. The van der Waals surface area contributed by atoms with Gasteiger partial charge >= 0.3 is 0 Å². The third kappa shape index (κ3) is 1.78. The average molecular weight is 195 g/mol. The lowest BCUT2D eigenvalue weighted by atomic mass is 9.83. The lowest BCUT2D eigenvalue weighted by Crippen LogP contribution is -2.42. The highest BCUT2D eigenvalue weighted by molar-refractivity contribution is 5.86. The van der Waals surface area contributed by atoms with Crippen LogP contribution in [0.4, 0.5) is 0 Å². The second-order valence-corrected chi connectivity index (χ2v) is 4.90. The van der Waals surface area contributed by atoms with E-state index in [4.69, 9.17) is 10.7 Å². The Labute approximate surface area is 86.2 Å². The highest BCUT2D eigenvalue weighted by atomic mass is 15.1. The fraction of sp³-hybridized carbons (Fsp3) is 0.909. The maximum absolute atomic E-state index is 5.72. The molecular weight excluding hydrogens is 174 g/mol. The van der Waals surface area contributed by atoms with Gasteiger partial charge in [0.25, 0.3) is 0 Å². The van der Waals surface area contributed by atoms with Crippen LogP contribution in [0, 0.1) is 11.8 Å². The number of fused-ring (bicyclic) bond motifs is 1. The molecule has 0 saturated heterocycles. The van der Waals surface area contributed by atoms with Crippen LogP contribution in [0.1, 0.15) is 33.1 Å². The first kappa shape index (κ1) is 9.97. The van der Waals surface area contributed by atoms with Crippen molar-refractivity contribution in [1.82, 2.24) is 5.32 Å². The topological polar surface area (TPSA) is 50.4 Å². The van der Waals surface area contributed by atoms with Crippen LogP contribution in [-0.4, -0.2) is 24.5 Å². The maximum atomic E-state index is 5.72. The standard InChI is InChI=1S/C11H21N3/c1-7(2)11-13-9-4-3-8(6-12)5-10(9)14-11/h7-10H,3-6,12H2,1-2H3,(H,13,14). The number of nitrogens with zero attached hydrogens (tertiary/aromatic N) is 1. The molecule has 14 heavy (non-hydrogen) atoms. The van der Waals surface area contributed by atoms with E-state index in [0.717, 1.165) is 6.54 Å². The molecule has 80 valence electrons. The minimum atomic E-state index is 0.537. The van der Waals surface area contributed by atoms with E-state index in [1.807, 2.05) is 0 Å². The molecule has 0 spiro atoms. The van der Waals surface area contributed by atoms with Crippen LogP contribution in [-0.2, 0) is 0 Å². The number of hydrogen-bond donors (Lipinski definition) is 2. The zero-order chi connectivity index (χ0) is 10.1. The summed E-state index contributed by atoms with van der Waals surface area (Å²) in [5, 5.41) is 3.55. The van der Waals surface area contributed by atoms with E-state index in [-0.39, 0.29) is 0 Å². The molecule has 3 heteroatoms. The smallest absolute Gasteiger partial charge is 0.0996 e. The van der Waals surface area contributed by atoms with E-state index < -0.39 is 0 Å². The first-order valence-electron chi connectivity index (χ1n) is 5.75. The molecular formula is C11H21N3. The Morgan fingerprint density at radius 2 is 2.29 bits per heavy atom. The van der Waals surface area contributed by atoms with Crippen molar-refractivity contribution >= 4 is 5.84 Å². The van der Waals surface area contributed by atoms with Crippen LogP contribution >= 0.6 is 0 Å². The van der Waals surface area contributed by atoms with Crippen LogP contribution < -0.4 is 11.1 Å². The van der Waals surface area contributed by atoms with E-state index in [0.29, 0.717) is 23.9 Å². The van der Waals surface area contributed by atoms with Gasteiger partial charge in [0.05, 0.1) is 11.9 Å². The van der Waals surface area contributed by atoms with Crippen LogP contribution in [0.3, 0.4) is 0 Å². The third-order valence-electron chi connectivity index (χ3n) is 3.44. The van der Waals surface area contributed by atoms with E-state index in [9.17, 15) is 0 Å². The molecule has 0 radical (unpaired) electrons. The van der Waals surface area contributed by atoms with Crippen LogP contribution in [0.15, 0.2) is 4.99 Å². The molecule has 1 fully saturated rings. The summed E-state index contributed by atoms with van der Waals surface area (Å²) in [5.41, 5.74) is 5.72. The van der Waals surface area contributed by atoms with Gasteiger partial charge in [0, 0.05) is 12.0 Å². The molecule has 0 bridgehead atoms. The molecule has 1 heterocycles. The summed E-state index contributed by atoms with van der Waals surface area (Å²) in [6.07, 6.45) is 3.69. The minimum Gasteiger partial charge on any atom is -0.369 e. The summed E-state index contributed by atoms with van der Waals surface area (Å²) in [5.74, 6) is 2.46. The molecule has 3 atom stereocenters. The molecule has 3 unspecified atom stereocenters. The number of nitrogens with one attached hydrogen (secondary N) is 1. The Balaban J connectivity index is 1.98. The molecule has 1 aliphatic heterocycles. The quantitative estimate of drug-likeness (QED) is 0.694. The van der Waals surface area contributed by atoms with Crippen molar-refractivity contribution in [2.45, 2.75) is 45.2 Å². The van der Waals surface area contributed by atoms with Crippen molar-refractivity contribution in [3.05, 3.63) is 0 Å². The second-order valence-electron chi connectivity index (χ2n) is 4.90. The van der Waals surface area contributed by atoms with Gasteiger partial charge in [-0.2, -0.15) is 0 Å². The molecule has 3 nitrogen and oxygen atoms in total. The number of amidine groups is 1. The molecule has 1 aliphatic carbocycles. The van der Waals surface area contributed by atoms with Gasteiger partial charge in [-0.25, -0.2) is 0 Å². The largest absolute Gasteiger partial charge is 0.369 e. The van der Waals surface area contributed by atoms with E-state index in [1.54, 1.807) is 0 Å². The predicted octanol–water partition coefficient (Wildman–Crippen LogP) is 1.14. The van der Waals surface area contributed by atoms with Gasteiger partial charge in [0.15, 0.2) is 0 Å². The average Bonchev–Trinajstić information content (AvgIpc) is 2.59. The minimum absolute atomic E-state index is 0.537. The highest BCUT2D eigenvalue weighted by Crippen LogP contribution is 2.29. The second kappa shape index (κ2) is 3.89. The van der Waals surface area contributed by atoms with Crippen molar-refractivity contribution in [2.24, 2.45) is 22.6 Å². The van der Waals surface area contributed by atoms with Gasteiger partial charge in [0.2, 0.25) is 0 Å².